The maximum Gasteiger partial charge on any atom is 0.338 e. The van der Waals surface area contributed by atoms with Gasteiger partial charge >= 0.3 is 5.97 Å². The van der Waals surface area contributed by atoms with E-state index in [0.717, 1.165) is 0 Å². The predicted octanol–water partition coefficient (Wildman–Crippen LogP) is 3.63. The van der Waals surface area contributed by atoms with Gasteiger partial charge in [0, 0.05) is 12.8 Å². The van der Waals surface area contributed by atoms with Gasteiger partial charge in [-0.2, -0.15) is 0 Å². The van der Waals surface area contributed by atoms with Crippen LogP contribution in [0.4, 0.5) is 5.69 Å². The van der Waals surface area contributed by atoms with Crippen LogP contribution >= 0.6 is 0 Å². The average molecular weight is 371 g/mol. The third-order valence-corrected chi connectivity index (χ3v) is 3.84. The number of carbonyl (C=O) groups excluding carboxylic acids is 2. The summed E-state index contributed by atoms with van der Waals surface area (Å²) in [5, 5.41) is 2.72. The second-order valence-corrected chi connectivity index (χ2v) is 6.27. The molecule has 2 aromatic rings. The zero-order chi connectivity index (χ0) is 19.6. The van der Waals surface area contributed by atoms with Crippen LogP contribution in [0, 0.1) is 0 Å². The molecule has 0 unspecified atom stereocenters. The molecule has 27 heavy (non-hydrogen) atoms. The Morgan fingerprint density at radius 1 is 0.963 bits per heavy atom. The lowest BCUT2D eigenvalue weighted by Gasteiger charge is -2.10. The number of amides is 1. The quantitative estimate of drug-likeness (QED) is 0.538. The highest BCUT2D eigenvalue weighted by atomic mass is 16.6. The lowest BCUT2D eigenvalue weighted by Crippen LogP contribution is -2.20. The molecule has 0 saturated carbocycles. The largest absolute Gasteiger partial charge is 0.484 e. The summed E-state index contributed by atoms with van der Waals surface area (Å²) in [5.74, 6) is 0.378. The minimum Gasteiger partial charge on any atom is -0.484 e. The maximum absolute atomic E-state index is 12.0. The highest BCUT2D eigenvalue weighted by Crippen LogP contribution is 2.18. The molecule has 0 bridgehead atoms. The monoisotopic (exact) mass is 371 g/mol. The van der Waals surface area contributed by atoms with E-state index in [1.54, 1.807) is 24.3 Å². The first-order chi connectivity index (χ1) is 13.0. The van der Waals surface area contributed by atoms with Crippen LogP contribution in [-0.4, -0.2) is 38.8 Å². The summed E-state index contributed by atoms with van der Waals surface area (Å²) < 4.78 is 15.3. The smallest absolute Gasteiger partial charge is 0.338 e. The second kappa shape index (κ2) is 10.3. The first-order valence-corrected chi connectivity index (χ1v) is 8.78. The summed E-state index contributed by atoms with van der Waals surface area (Å²) in [4.78, 5) is 23.8. The number of methoxy groups -OCH3 is 1. The van der Waals surface area contributed by atoms with Crippen molar-refractivity contribution in [3.05, 3.63) is 59.7 Å². The van der Waals surface area contributed by atoms with Gasteiger partial charge in [0.25, 0.3) is 5.91 Å². The molecule has 0 spiro atoms. The van der Waals surface area contributed by atoms with Crippen molar-refractivity contribution in [1.29, 1.82) is 0 Å². The first-order valence-electron chi connectivity index (χ1n) is 8.78. The number of esters is 1. The Morgan fingerprint density at radius 2 is 1.63 bits per heavy atom. The SMILES string of the molecule is COCCOC(=O)c1ccc(NC(=O)COc2ccc(C(C)C)cc2)cc1. The zero-order valence-corrected chi connectivity index (χ0v) is 15.9. The first kappa shape index (κ1) is 20.5. The molecule has 0 radical (unpaired) electrons. The number of ether oxygens (including phenoxy) is 3. The van der Waals surface area contributed by atoms with Crippen LogP contribution in [0.25, 0.3) is 0 Å². The third-order valence-electron chi connectivity index (χ3n) is 3.84. The lowest BCUT2D eigenvalue weighted by atomic mass is 10.0. The highest BCUT2D eigenvalue weighted by Gasteiger charge is 2.08. The summed E-state index contributed by atoms with van der Waals surface area (Å²) in [6, 6.07) is 14.2. The van der Waals surface area contributed by atoms with E-state index in [9.17, 15) is 9.59 Å². The van der Waals surface area contributed by atoms with E-state index in [-0.39, 0.29) is 19.1 Å². The van der Waals surface area contributed by atoms with Gasteiger partial charge in [0.1, 0.15) is 12.4 Å². The molecule has 2 rings (SSSR count). The van der Waals surface area contributed by atoms with Gasteiger partial charge in [-0.1, -0.05) is 26.0 Å². The van der Waals surface area contributed by atoms with Gasteiger partial charge in [-0.15, -0.1) is 0 Å². The van der Waals surface area contributed by atoms with Crippen molar-refractivity contribution in [3.63, 3.8) is 0 Å². The Labute approximate surface area is 159 Å². The van der Waals surface area contributed by atoms with Crippen LogP contribution in [0.15, 0.2) is 48.5 Å². The molecule has 0 aliphatic rings. The number of anilines is 1. The van der Waals surface area contributed by atoms with E-state index < -0.39 is 5.97 Å². The lowest BCUT2D eigenvalue weighted by molar-refractivity contribution is -0.118. The number of benzene rings is 2. The van der Waals surface area contributed by atoms with Gasteiger partial charge in [0.15, 0.2) is 6.61 Å². The Kier molecular flexibility index (Phi) is 7.82. The molecule has 0 aliphatic heterocycles. The molecule has 0 fully saturated rings. The molecule has 0 atom stereocenters. The minimum atomic E-state index is -0.432. The van der Waals surface area contributed by atoms with Gasteiger partial charge in [0.2, 0.25) is 0 Å². The van der Waals surface area contributed by atoms with Crippen LogP contribution in [0.2, 0.25) is 0 Å². The Balaban J connectivity index is 1.80. The van der Waals surface area contributed by atoms with Gasteiger partial charge < -0.3 is 19.5 Å². The topological polar surface area (TPSA) is 73.9 Å². The molecular formula is C21H25NO5. The third kappa shape index (κ3) is 6.75. The van der Waals surface area contributed by atoms with E-state index in [4.69, 9.17) is 14.2 Å². The molecular weight excluding hydrogens is 346 g/mol. The molecule has 0 aromatic heterocycles. The Hall–Kier alpha value is -2.86. The van der Waals surface area contributed by atoms with Crippen molar-refractivity contribution < 1.29 is 23.8 Å². The van der Waals surface area contributed by atoms with E-state index in [0.29, 0.717) is 29.5 Å². The number of hydrogen-bond acceptors (Lipinski definition) is 5. The van der Waals surface area contributed by atoms with Gasteiger partial charge in [0.05, 0.1) is 12.2 Å². The molecule has 1 amide bonds. The van der Waals surface area contributed by atoms with Crippen LogP contribution in [0.3, 0.4) is 0 Å². The molecule has 2 aromatic carbocycles. The molecule has 0 aliphatic carbocycles. The van der Waals surface area contributed by atoms with E-state index in [1.807, 2.05) is 24.3 Å². The fraction of sp³-hybridized carbons (Fsp3) is 0.333. The fourth-order valence-corrected chi connectivity index (χ4v) is 2.29. The van der Waals surface area contributed by atoms with Crippen molar-refractivity contribution in [3.8, 4) is 5.75 Å². The fourth-order valence-electron chi connectivity index (χ4n) is 2.29. The van der Waals surface area contributed by atoms with Crippen molar-refractivity contribution in [2.75, 3.05) is 32.2 Å². The van der Waals surface area contributed by atoms with E-state index in [2.05, 4.69) is 19.2 Å². The van der Waals surface area contributed by atoms with Crippen LogP contribution in [0.5, 0.6) is 5.75 Å². The van der Waals surface area contributed by atoms with Crippen LogP contribution in [-0.2, 0) is 14.3 Å². The molecule has 6 nitrogen and oxygen atoms in total. The molecule has 0 saturated heterocycles. The van der Waals surface area contributed by atoms with Crippen molar-refractivity contribution in [1.82, 2.24) is 0 Å². The van der Waals surface area contributed by atoms with Crippen molar-refractivity contribution >= 4 is 17.6 Å². The molecule has 6 heteroatoms. The van der Waals surface area contributed by atoms with E-state index >= 15 is 0 Å². The van der Waals surface area contributed by atoms with Gasteiger partial charge in [-0.25, -0.2) is 4.79 Å². The van der Waals surface area contributed by atoms with Crippen LogP contribution < -0.4 is 10.1 Å². The molecule has 0 heterocycles. The summed E-state index contributed by atoms with van der Waals surface area (Å²) >= 11 is 0. The maximum atomic E-state index is 12.0. The summed E-state index contributed by atoms with van der Waals surface area (Å²) in [7, 11) is 1.54. The normalized spacial score (nSPS) is 10.5. The standard InChI is InChI=1S/C21H25NO5/c1-15(2)16-6-10-19(11-7-16)27-14-20(23)22-18-8-4-17(5-9-18)21(24)26-13-12-25-3/h4-11,15H,12-14H2,1-3H3,(H,22,23). The second-order valence-electron chi connectivity index (χ2n) is 6.27. The predicted molar refractivity (Wildman–Crippen MR) is 103 cm³/mol. The number of carbonyl (C=O) groups is 2. The highest BCUT2D eigenvalue weighted by molar-refractivity contribution is 5.93. The van der Waals surface area contributed by atoms with Gasteiger partial charge in [-0.3, -0.25) is 4.79 Å². The van der Waals surface area contributed by atoms with Crippen molar-refractivity contribution in [2.24, 2.45) is 0 Å². The Morgan fingerprint density at radius 3 is 2.22 bits per heavy atom. The van der Waals surface area contributed by atoms with E-state index in [1.165, 1.54) is 12.7 Å². The van der Waals surface area contributed by atoms with Crippen molar-refractivity contribution in [2.45, 2.75) is 19.8 Å². The summed E-state index contributed by atoms with van der Waals surface area (Å²) in [6.45, 7) is 4.69. The average Bonchev–Trinajstić information content (AvgIpc) is 2.67. The minimum absolute atomic E-state index is 0.0954. The molecule has 144 valence electrons. The summed E-state index contributed by atoms with van der Waals surface area (Å²) in [5.41, 5.74) is 2.20. The number of rotatable bonds is 9. The molecule has 1 N–H and O–H groups in total. The zero-order valence-electron chi connectivity index (χ0n) is 15.9. The number of nitrogens with one attached hydrogen (secondary N) is 1. The number of hydrogen-bond donors (Lipinski definition) is 1. The summed E-state index contributed by atoms with van der Waals surface area (Å²) in [6.07, 6.45) is 0. The van der Waals surface area contributed by atoms with Crippen LogP contribution in [0.1, 0.15) is 35.7 Å². The van der Waals surface area contributed by atoms with Gasteiger partial charge in [-0.05, 0) is 47.9 Å². The Bertz CT molecular complexity index is 738.